The first kappa shape index (κ1) is 16.1. The summed E-state index contributed by atoms with van der Waals surface area (Å²) in [4.78, 5) is 2.35. The summed E-state index contributed by atoms with van der Waals surface area (Å²) in [5.74, 6) is 1.11. The van der Waals surface area contributed by atoms with Gasteiger partial charge in [0.25, 0.3) is 0 Å². The summed E-state index contributed by atoms with van der Waals surface area (Å²) in [5, 5.41) is 4.76. The summed E-state index contributed by atoms with van der Waals surface area (Å²) >= 11 is 0. The highest BCUT2D eigenvalue weighted by Gasteiger charge is 2.14. The number of nitrogens with one attached hydrogen (secondary N) is 1. The van der Waals surface area contributed by atoms with Gasteiger partial charge in [0.05, 0.1) is 6.54 Å². The van der Waals surface area contributed by atoms with Crippen molar-refractivity contribution in [1.29, 1.82) is 0 Å². The molecule has 2 rings (SSSR count). The van der Waals surface area contributed by atoms with E-state index >= 15 is 0 Å². The Hall–Kier alpha value is -1.32. The molecule has 2 aromatic rings. The van der Waals surface area contributed by atoms with E-state index in [2.05, 4.69) is 49.3 Å². The van der Waals surface area contributed by atoms with Crippen molar-refractivity contribution < 1.29 is 4.42 Å². The third kappa shape index (κ3) is 4.32. The average molecular weight is 288 g/mol. The van der Waals surface area contributed by atoms with E-state index in [1.165, 1.54) is 23.8 Å². The molecule has 0 aliphatic heterocycles. The van der Waals surface area contributed by atoms with Crippen LogP contribution in [0.1, 0.15) is 44.4 Å². The van der Waals surface area contributed by atoms with Crippen molar-refractivity contribution in [2.75, 3.05) is 20.1 Å². The summed E-state index contributed by atoms with van der Waals surface area (Å²) in [6.07, 6.45) is 3.62. The molecule has 0 amide bonds. The number of fused-ring (bicyclic) bond motifs is 1. The fourth-order valence-electron chi connectivity index (χ4n) is 2.61. The molecule has 0 spiro atoms. The van der Waals surface area contributed by atoms with E-state index in [1.54, 1.807) is 0 Å². The molecule has 1 heterocycles. The zero-order valence-corrected chi connectivity index (χ0v) is 13.6. The van der Waals surface area contributed by atoms with Crippen LogP contribution >= 0.6 is 0 Å². The number of benzene rings is 1. The van der Waals surface area contributed by atoms with E-state index in [9.17, 15) is 0 Å². The van der Waals surface area contributed by atoms with Gasteiger partial charge in [-0.05, 0) is 39.0 Å². The predicted octanol–water partition coefficient (Wildman–Crippen LogP) is 4.16. The van der Waals surface area contributed by atoms with Crippen LogP contribution in [0.3, 0.4) is 0 Å². The molecule has 21 heavy (non-hydrogen) atoms. The van der Waals surface area contributed by atoms with Crippen molar-refractivity contribution in [3.05, 3.63) is 35.6 Å². The average Bonchev–Trinajstić information content (AvgIpc) is 2.83. The molecule has 116 valence electrons. The van der Waals surface area contributed by atoms with Gasteiger partial charge in [0, 0.05) is 17.5 Å². The molecular formula is C18H28N2O. The van der Waals surface area contributed by atoms with E-state index in [-0.39, 0.29) is 0 Å². The summed E-state index contributed by atoms with van der Waals surface area (Å²) in [7, 11) is 2.17. The Bertz CT molecular complexity index is 547. The smallest absolute Gasteiger partial charge is 0.134 e. The molecule has 1 N–H and O–H groups in total. The Morgan fingerprint density at radius 1 is 1.14 bits per heavy atom. The fraction of sp³-hybridized carbons (Fsp3) is 0.556. The molecule has 0 saturated carbocycles. The van der Waals surface area contributed by atoms with Gasteiger partial charge in [-0.25, -0.2) is 0 Å². The Kier molecular flexibility index (Phi) is 6.27. The molecule has 0 bridgehead atoms. The number of furan rings is 1. The van der Waals surface area contributed by atoms with Gasteiger partial charge in [-0.1, -0.05) is 38.5 Å². The lowest BCUT2D eigenvalue weighted by Gasteiger charge is -2.15. The number of unbranched alkanes of at least 4 members (excludes halogenated alkanes) is 1. The highest BCUT2D eigenvalue weighted by molar-refractivity contribution is 5.82. The number of rotatable bonds is 9. The molecule has 0 radical (unpaired) electrons. The number of para-hydroxylation sites is 1. The van der Waals surface area contributed by atoms with Crippen LogP contribution in [-0.2, 0) is 13.1 Å². The van der Waals surface area contributed by atoms with Crippen LogP contribution in [0, 0.1) is 0 Å². The lowest BCUT2D eigenvalue weighted by Crippen LogP contribution is -2.20. The number of hydrogen-bond acceptors (Lipinski definition) is 3. The molecule has 0 unspecified atom stereocenters. The van der Waals surface area contributed by atoms with Gasteiger partial charge in [0.2, 0.25) is 0 Å². The van der Waals surface area contributed by atoms with E-state index in [1.807, 2.05) is 6.07 Å². The van der Waals surface area contributed by atoms with Gasteiger partial charge in [-0.2, -0.15) is 0 Å². The van der Waals surface area contributed by atoms with Crippen LogP contribution in [0.2, 0.25) is 0 Å². The quantitative estimate of drug-likeness (QED) is 0.702. The second-order valence-corrected chi connectivity index (χ2v) is 5.77. The lowest BCUT2D eigenvalue weighted by atomic mass is 10.1. The van der Waals surface area contributed by atoms with Crippen LogP contribution in [0.5, 0.6) is 0 Å². The zero-order valence-electron chi connectivity index (χ0n) is 13.6. The molecule has 3 nitrogen and oxygen atoms in total. The van der Waals surface area contributed by atoms with E-state index in [4.69, 9.17) is 4.42 Å². The molecule has 0 fully saturated rings. The first-order valence-corrected chi connectivity index (χ1v) is 8.14. The monoisotopic (exact) mass is 288 g/mol. The van der Waals surface area contributed by atoms with E-state index < -0.39 is 0 Å². The zero-order chi connectivity index (χ0) is 15.1. The highest BCUT2D eigenvalue weighted by Crippen LogP contribution is 2.26. The predicted molar refractivity (Wildman–Crippen MR) is 89.5 cm³/mol. The van der Waals surface area contributed by atoms with Gasteiger partial charge in [0.15, 0.2) is 0 Å². The summed E-state index contributed by atoms with van der Waals surface area (Å²) in [6, 6.07) is 8.36. The van der Waals surface area contributed by atoms with Crippen molar-refractivity contribution in [1.82, 2.24) is 10.2 Å². The topological polar surface area (TPSA) is 28.4 Å². The van der Waals surface area contributed by atoms with Gasteiger partial charge >= 0.3 is 0 Å². The largest absolute Gasteiger partial charge is 0.459 e. The lowest BCUT2D eigenvalue weighted by molar-refractivity contribution is 0.292. The Labute approximate surface area is 128 Å². The third-order valence-corrected chi connectivity index (χ3v) is 3.82. The maximum Gasteiger partial charge on any atom is 0.134 e. The van der Waals surface area contributed by atoms with Crippen molar-refractivity contribution in [2.24, 2.45) is 0 Å². The van der Waals surface area contributed by atoms with Crippen LogP contribution in [0.25, 0.3) is 11.0 Å². The van der Waals surface area contributed by atoms with Crippen LogP contribution in [0.4, 0.5) is 0 Å². The standard InChI is InChI=1S/C18H28N2O/c1-4-6-12-20(3)14-18-16(13-19-11-5-2)15-9-7-8-10-17(15)21-18/h7-10,19H,4-6,11-14H2,1-3H3. The first-order chi connectivity index (χ1) is 10.3. The van der Waals surface area contributed by atoms with Crippen LogP contribution in [-0.4, -0.2) is 25.0 Å². The molecule has 1 aromatic carbocycles. The van der Waals surface area contributed by atoms with Crippen molar-refractivity contribution in [2.45, 2.75) is 46.2 Å². The molecule has 0 aliphatic carbocycles. The maximum atomic E-state index is 6.10. The summed E-state index contributed by atoms with van der Waals surface area (Å²) in [6.45, 7) is 8.37. The molecule has 1 aromatic heterocycles. The normalized spacial score (nSPS) is 11.6. The number of nitrogens with zero attached hydrogens (tertiary/aromatic N) is 1. The minimum absolute atomic E-state index is 0.887. The Morgan fingerprint density at radius 2 is 1.95 bits per heavy atom. The summed E-state index contributed by atoms with van der Waals surface area (Å²) < 4.78 is 6.10. The summed E-state index contributed by atoms with van der Waals surface area (Å²) in [5.41, 5.74) is 2.33. The Morgan fingerprint density at radius 3 is 2.71 bits per heavy atom. The molecule has 3 heteroatoms. The maximum absolute atomic E-state index is 6.10. The van der Waals surface area contributed by atoms with Gasteiger partial charge in [-0.3, -0.25) is 4.90 Å². The van der Waals surface area contributed by atoms with Gasteiger partial charge in [0.1, 0.15) is 11.3 Å². The Balaban J connectivity index is 2.17. The molecule has 0 saturated heterocycles. The fourth-order valence-corrected chi connectivity index (χ4v) is 2.61. The van der Waals surface area contributed by atoms with Gasteiger partial charge in [-0.15, -0.1) is 0 Å². The minimum atomic E-state index is 0.887. The SMILES string of the molecule is CCCCN(C)Cc1oc2ccccc2c1CNCCC. The van der Waals surface area contributed by atoms with Crippen LogP contribution in [0.15, 0.2) is 28.7 Å². The van der Waals surface area contributed by atoms with Crippen molar-refractivity contribution in [3.8, 4) is 0 Å². The first-order valence-electron chi connectivity index (χ1n) is 8.14. The highest BCUT2D eigenvalue weighted by atomic mass is 16.3. The third-order valence-electron chi connectivity index (χ3n) is 3.82. The van der Waals surface area contributed by atoms with Gasteiger partial charge < -0.3 is 9.73 Å². The molecule has 0 aliphatic rings. The molecule has 0 atom stereocenters. The van der Waals surface area contributed by atoms with Crippen molar-refractivity contribution in [3.63, 3.8) is 0 Å². The van der Waals surface area contributed by atoms with E-state index in [0.717, 1.165) is 43.9 Å². The van der Waals surface area contributed by atoms with Crippen LogP contribution < -0.4 is 5.32 Å². The van der Waals surface area contributed by atoms with E-state index in [0.29, 0.717) is 0 Å². The minimum Gasteiger partial charge on any atom is -0.459 e. The number of hydrogen-bond donors (Lipinski definition) is 1. The molecular weight excluding hydrogens is 260 g/mol. The second kappa shape index (κ2) is 8.20. The second-order valence-electron chi connectivity index (χ2n) is 5.77. The van der Waals surface area contributed by atoms with Crippen molar-refractivity contribution >= 4 is 11.0 Å².